The van der Waals surface area contributed by atoms with Gasteiger partial charge in [0.25, 0.3) is 0 Å². The van der Waals surface area contributed by atoms with Crippen LogP contribution in [0.4, 0.5) is 5.69 Å². The van der Waals surface area contributed by atoms with E-state index in [2.05, 4.69) is 5.32 Å². The Kier molecular flexibility index (Phi) is 6.19. The van der Waals surface area contributed by atoms with E-state index in [0.29, 0.717) is 45.4 Å². The molecule has 0 aliphatic carbocycles. The third kappa shape index (κ3) is 3.85. The number of amides is 3. The van der Waals surface area contributed by atoms with Crippen molar-refractivity contribution in [3.8, 4) is 0 Å². The number of nitrogens with zero attached hydrogens (tertiary/aromatic N) is 2. The lowest BCUT2D eigenvalue weighted by Gasteiger charge is -2.39. The van der Waals surface area contributed by atoms with Crippen LogP contribution >= 0.6 is 12.4 Å². The number of nitrogens with one attached hydrogen (secondary N) is 1. The van der Waals surface area contributed by atoms with Gasteiger partial charge >= 0.3 is 0 Å². The first-order valence-corrected chi connectivity index (χ1v) is 10.1. The second kappa shape index (κ2) is 8.32. The van der Waals surface area contributed by atoms with E-state index >= 15 is 0 Å². The maximum atomic E-state index is 13.2. The lowest BCUT2D eigenvalue weighted by molar-refractivity contribution is -0.140. The summed E-state index contributed by atoms with van der Waals surface area (Å²) in [6, 6.07) is 7.76. The fraction of sp³-hybridized carbons (Fsp3) is 0.571. The van der Waals surface area contributed by atoms with Crippen molar-refractivity contribution >= 4 is 35.8 Å². The molecule has 4 rings (SSSR count). The topological polar surface area (TPSA) is 95.7 Å². The van der Waals surface area contributed by atoms with E-state index in [1.165, 1.54) is 6.92 Å². The smallest absolute Gasteiger partial charge is 0.235 e. The quantitative estimate of drug-likeness (QED) is 0.719. The van der Waals surface area contributed by atoms with Crippen molar-refractivity contribution in [2.24, 2.45) is 11.7 Å². The molecule has 3 N–H and O–H groups in total. The Balaban J connectivity index is 0.00000240. The molecule has 3 aliphatic heterocycles. The van der Waals surface area contributed by atoms with E-state index in [0.717, 1.165) is 17.7 Å². The van der Waals surface area contributed by atoms with Gasteiger partial charge in [-0.25, -0.2) is 0 Å². The van der Waals surface area contributed by atoms with Crippen LogP contribution in [0.3, 0.4) is 0 Å². The minimum absolute atomic E-state index is 0. The third-order valence-corrected chi connectivity index (χ3v) is 6.63. The lowest BCUT2D eigenvalue weighted by Crippen LogP contribution is -2.51. The largest absolute Gasteiger partial charge is 0.342 e. The molecule has 0 unspecified atom stereocenters. The summed E-state index contributed by atoms with van der Waals surface area (Å²) < 4.78 is 0. The van der Waals surface area contributed by atoms with Crippen molar-refractivity contribution in [3.63, 3.8) is 0 Å². The number of halogens is 1. The molecule has 29 heavy (non-hydrogen) atoms. The highest BCUT2D eigenvalue weighted by Crippen LogP contribution is 2.44. The highest BCUT2D eigenvalue weighted by atomic mass is 35.5. The molecule has 1 aromatic rings. The Labute approximate surface area is 177 Å². The summed E-state index contributed by atoms with van der Waals surface area (Å²) in [6.07, 6.45) is 2.71. The van der Waals surface area contributed by atoms with Gasteiger partial charge in [-0.2, -0.15) is 0 Å². The van der Waals surface area contributed by atoms with E-state index in [9.17, 15) is 14.4 Å². The van der Waals surface area contributed by atoms with Crippen molar-refractivity contribution in [3.05, 3.63) is 29.8 Å². The van der Waals surface area contributed by atoms with Crippen molar-refractivity contribution < 1.29 is 14.4 Å². The number of hydrogen-bond donors (Lipinski definition) is 2. The first kappa shape index (κ1) is 21.6. The average Bonchev–Trinajstić information content (AvgIpc) is 2.82. The lowest BCUT2D eigenvalue weighted by atomic mass is 9.73. The van der Waals surface area contributed by atoms with Crippen LogP contribution in [0.15, 0.2) is 24.3 Å². The summed E-state index contributed by atoms with van der Waals surface area (Å²) in [5, 5.41) is 3.00. The first-order valence-electron chi connectivity index (χ1n) is 10.1. The Hall–Kier alpha value is -2.12. The van der Waals surface area contributed by atoms with Gasteiger partial charge in [0.05, 0.1) is 11.3 Å². The van der Waals surface area contributed by atoms with E-state index in [1.54, 1.807) is 4.90 Å². The SMILES string of the molecule is CC(=O)N1C[C@@H](N)CC[C@@H](C(=O)N2CCC3(CC2)C(=O)Nc2ccccc23)C1.Cl. The minimum Gasteiger partial charge on any atom is -0.342 e. The van der Waals surface area contributed by atoms with Crippen LogP contribution in [0, 0.1) is 5.92 Å². The molecule has 0 aromatic heterocycles. The fourth-order valence-corrected chi connectivity index (χ4v) is 4.92. The van der Waals surface area contributed by atoms with Gasteiger partial charge in [0.1, 0.15) is 0 Å². The number of rotatable bonds is 1. The van der Waals surface area contributed by atoms with Gasteiger partial charge in [-0.1, -0.05) is 18.2 Å². The molecule has 3 heterocycles. The maximum Gasteiger partial charge on any atom is 0.235 e. The predicted octanol–water partition coefficient (Wildman–Crippen LogP) is 1.51. The number of likely N-dealkylation sites (tertiary alicyclic amines) is 2. The zero-order valence-electron chi connectivity index (χ0n) is 16.7. The molecule has 2 atom stereocenters. The summed E-state index contributed by atoms with van der Waals surface area (Å²) in [6.45, 7) is 3.60. The van der Waals surface area contributed by atoms with Gasteiger partial charge in [-0.15, -0.1) is 12.4 Å². The molecular formula is C21H29ClN4O3. The number of benzene rings is 1. The van der Waals surface area contributed by atoms with Crippen LogP contribution in [0.5, 0.6) is 0 Å². The van der Waals surface area contributed by atoms with E-state index in [1.807, 2.05) is 29.2 Å². The first-order chi connectivity index (χ1) is 13.4. The zero-order valence-corrected chi connectivity index (χ0v) is 17.5. The minimum atomic E-state index is -0.523. The second-order valence-electron chi connectivity index (χ2n) is 8.37. The summed E-state index contributed by atoms with van der Waals surface area (Å²) in [5.74, 6) is -0.117. The number of anilines is 1. The molecule has 2 saturated heterocycles. The number of fused-ring (bicyclic) bond motifs is 2. The molecular weight excluding hydrogens is 392 g/mol. The summed E-state index contributed by atoms with van der Waals surface area (Å²) in [5.41, 5.74) is 7.50. The van der Waals surface area contributed by atoms with Gasteiger partial charge < -0.3 is 20.9 Å². The summed E-state index contributed by atoms with van der Waals surface area (Å²) >= 11 is 0. The monoisotopic (exact) mass is 420 g/mol. The van der Waals surface area contributed by atoms with E-state index in [4.69, 9.17) is 5.73 Å². The maximum absolute atomic E-state index is 13.2. The molecule has 0 saturated carbocycles. The molecule has 3 aliphatic rings. The zero-order chi connectivity index (χ0) is 19.9. The number of nitrogens with two attached hydrogens (primary N) is 1. The highest BCUT2D eigenvalue weighted by molar-refractivity contribution is 6.06. The van der Waals surface area contributed by atoms with Crippen molar-refractivity contribution in [2.75, 3.05) is 31.5 Å². The molecule has 1 spiro atoms. The number of carbonyl (C=O) groups is 3. The predicted molar refractivity (Wildman–Crippen MR) is 113 cm³/mol. The molecule has 7 nitrogen and oxygen atoms in total. The molecule has 8 heteroatoms. The Bertz CT molecular complexity index is 807. The van der Waals surface area contributed by atoms with Crippen LogP contribution in [0.1, 0.15) is 38.2 Å². The van der Waals surface area contributed by atoms with Crippen LogP contribution in [0.25, 0.3) is 0 Å². The molecule has 1 aromatic carbocycles. The van der Waals surface area contributed by atoms with Gasteiger partial charge in [0, 0.05) is 44.8 Å². The Morgan fingerprint density at radius 3 is 2.48 bits per heavy atom. The van der Waals surface area contributed by atoms with Gasteiger partial charge in [0.2, 0.25) is 17.7 Å². The third-order valence-electron chi connectivity index (χ3n) is 6.63. The number of hydrogen-bond acceptors (Lipinski definition) is 4. The number of piperidine rings is 1. The average molecular weight is 421 g/mol. The van der Waals surface area contributed by atoms with Gasteiger partial charge in [0.15, 0.2) is 0 Å². The standard InChI is InChI=1S/C21H28N4O3.ClH/c1-14(26)25-12-15(6-7-16(22)13-25)19(27)24-10-8-21(9-11-24)17-4-2-3-5-18(17)23-20(21)28;/h2-5,15-16H,6-13,22H2,1H3,(H,23,28);1H/t15-,16+;/m1./s1. The van der Waals surface area contributed by atoms with Crippen LogP contribution < -0.4 is 11.1 Å². The number of carbonyl (C=O) groups excluding carboxylic acids is 3. The molecule has 3 amide bonds. The summed E-state index contributed by atoms with van der Waals surface area (Å²) in [7, 11) is 0. The van der Waals surface area contributed by atoms with E-state index < -0.39 is 5.41 Å². The molecule has 2 fully saturated rings. The van der Waals surface area contributed by atoms with Crippen LogP contribution in [-0.2, 0) is 19.8 Å². The van der Waals surface area contributed by atoms with Gasteiger partial charge in [-0.3, -0.25) is 14.4 Å². The Morgan fingerprint density at radius 2 is 1.79 bits per heavy atom. The highest BCUT2D eigenvalue weighted by Gasteiger charge is 2.49. The van der Waals surface area contributed by atoms with Crippen LogP contribution in [0.2, 0.25) is 0 Å². The summed E-state index contributed by atoms with van der Waals surface area (Å²) in [4.78, 5) is 41.3. The normalized spacial score (nSPS) is 25.7. The molecule has 0 bridgehead atoms. The Morgan fingerprint density at radius 1 is 1.10 bits per heavy atom. The van der Waals surface area contributed by atoms with Crippen molar-refractivity contribution in [2.45, 2.75) is 44.1 Å². The second-order valence-corrected chi connectivity index (χ2v) is 8.37. The molecule has 158 valence electrons. The van der Waals surface area contributed by atoms with Crippen molar-refractivity contribution in [1.29, 1.82) is 0 Å². The van der Waals surface area contributed by atoms with Crippen LogP contribution in [-0.4, -0.2) is 59.7 Å². The van der Waals surface area contributed by atoms with Crippen molar-refractivity contribution in [1.82, 2.24) is 9.80 Å². The van der Waals surface area contributed by atoms with E-state index in [-0.39, 0.29) is 42.1 Å². The van der Waals surface area contributed by atoms with Gasteiger partial charge in [-0.05, 0) is 37.3 Å². The number of para-hydroxylation sites is 1. The fourth-order valence-electron chi connectivity index (χ4n) is 4.92. The molecule has 0 radical (unpaired) electrons.